The van der Waals surface area contributed by atoms with E-state index in [0.29, 0.717) is 35.9 Å². The minimum absolute atomic E-state index is 0. The number of likely N-dealkylation sites (tertiary alicyclic amines) is 1. The van der Waals surface area contributed by atoms with E-state index in [2.05, 4.69) is 14.9 Å². The molecule has 1 aliphatic rings. The van der Waals surface area contributed by atoms with Crippen LogP contribution in [0.25, 0.3) is 0 Å². The lowest BCUT2D eigenvalue weighted by atomic mass is 10.0. The number of carbonyl (C=O) groups is 1. The van der Waals surface area contributed by atoms with Crippen LogP contribution in [0, 0.1) is 11.6 Å². The number of benzene rings is 3. The van der Waals surface area contributed by atoms with E-state index in [-0.39, 0.29) is 30.2 Å². The molecule has 2 N–H and O–H groups in total. The van der Waals surface area contributed by atoms with Gasteiger partial charge in [0.05, 0.1) is 24.7 Å². The number of unbranched alkanes of at least 4 members (excludes halogenated alkanes) is 1. The fourth-order valence-electron chi connectivity index (χ4n) is 4.91. The van der Waals surface area contributed by atoms with Crippen LogP contribution in [0.15, 0.2) is 60.7 Å². The predicted octanol–water partition coefficient (Wildman–Crippen LogP) is 6.54. The zero-order valence-electron chi connectivity index (χ0n) is 25.0. The lowest BCUT2D eigenvalue weighted by Gasteiger charge is -2.34. The first kappa shape index (κ1) is 34.9. The number of rotatable bonds is 12. The van der Waals surface area contributed by atoms with E-state index in [0.717, 1.165) is 62.8 Å². The molecule has 3 aromatic carbocycles. The van der Waals surface area contributed by atoms with Gasteiger partial charge < -0.3 is 14.8 Å². The van der Waals surface area contributed by atoms with Crippen LogP contribution in [0.5, 0.6) is 17.2 Å². The fraction of sp³-hybridized carbons (Fsp3) is 0.387. The number of sulfonamides is 1. The van der Waals surface area contributed by atoms with Gasteiger partial charge in [0.2, 0.25) is 10.0 Å². The van der Waals surface area contributed by atoms with E-state index < -0.39 is 21.7 Å². The lowest BCUT2D eigenvalue weighted by molar-refractivity contribution is 0.188. The number of hydrogen-bond acceptors (Lipinski definition) is 6. The molecular weight excluding hydrogens is 614 g/mol. The monoisotopic (exact) mass is 652 g/mol. The molecule has 2 amide bonds. The maximum absolute atomic E-state index is 14.5. The number of methoxy groups -OCH3 is 1. The van der Waals surface area contributed by atoms with Gasteiger partial charge in [-0.1, -0.05) is 25.5 Å². The molecule has 1 aliphatic heterocycles. The number of ether oxygens (including phenoxy) is 2. The zero-order chi connectivity index (χ0) is 31.0. The summed E-state index contributed by atoms with van der Waals surface area (Å²) in [5, 5.41) is 3.05. The Morgan fingerprint density at radius 2 is 1.73 bits per heavy atom. The van der Waals surface area contributed by atoms with E-state index in [1.165, 1.54) is 18.1 Å². The molecular formula is C31H39ClF2N4O5S. The van der Waals surface area contributed by atoms with Crippen molar-refractivity contribution in [3.8, 4) is 17.2 Å². The topological polar surface area (TPSA) is 100 Å². The van der Waals surface area contributed by atoms with E-state index >= 15 is 0 Å². The molecule has 13 heteroatoms. The molecule has 0 atom stereocenters. The molecule has 1 saturated heterocycles. The van der Waals surface area contributed by atoms with Gasteiger partial charge in [-0.2, -0.15) is 0 Å². The van der Waals surface area contributed by atoms with Crippen LogP contribution >= 0.6 is 12.4 Å². The van der Waals surface area contributed by atoms with Gasteiger partial charge in [0, 0.05) is 44.4 Å². The highest BCUT2D eigenvalue weighted by Gasteiger charge is 2.25. The van der Waals surface area contributed by atoms with Crippen molar-refractivity contribution in [1.82, 2.24) is 10.2 Å². The Bertz CT molecular complexity index is 1500. The Kier molecular flexibility index (Phi) is 12.6. The van der Waals surface area contributed by atoms with Gasteiger partial charge in [-0.3, -0.25) is 14.5 Å². The number of carbonyl (C=O) groups excluding carboxylic acids is 1. The molecule has 0 saturated carbocycles. The van der Waals surface area contributed by atoms with Crippen molar-refractivity contribution < 1.29 is 31.5 Å². The van der Waals surface area contributed by atoms with Crippen molar-refractivity contribution in [2.24, 2.45) is 0 Å². The van der Waals surface area contributed by atoms with Gasteiger partial charge in [0.1, 0.15) is 17.4 Å². The number of halogens is 3. The number of amides is 2. The number of anilines is 2. The number of nitrogens with one attached hydrogen (secondary N) is 2. The Labute approximate surface area is 264 Å². The third kappa shape index (κ3) is 9.96. The summed E-state index contributed by atoms with van der Waals surface area (Å²) >= 11 is 0. The van der Waals surface area contributed by atoms with E-state index in [1.807, 2.05) is 31.2 Å². The summed E-state index contributed by atoms with van der Waals surface area (Å²) in [4.78, 5) is 16.8. The smallest absolute Gasteiger partial charge is 0.322 e. The Balaban J connectivity index is 0.00000529. The van der Waals surface area contributed by atoms with Crippen molar-refractivity contribution in [2.45, 2.75) is 45.2 Å². The summed E-state index contributed by atoms with van der Waals surface area (Å²) in [6, 6.07) is 15.4. The van der Waals surface area contributed by atoms with Crippen LogP contribution in [-0.2, 0) is 16.6 Å². The summed E-state index contributed by atoms with van der Waals surface area (Å²) in [6.45, 7) is 4.65. The second kappa shape index (κ2) is 15.9. The van der Waals surface area contributed by atoms with Crippen LogP contribution in [0.1, 0.15) is 38.2 Å². The fourth-order valence-corrected chi connectivity index (χ4v) is 5.47. The van der Waals surface area contributed by atoms with Gasteiger partial charge in [-0.25, -0.2) is 22.0 Å². The molecule has 0 spiro atoms. The largest absolute Gasteiger partial charge is 0.493 e. The second-order valence-electron chi connectivity index (χ2n) is 10.6. The molecule has 9 nitrogen and oxygen atoms in total. The second-order valence-corrected chi connectivity index (χ2v) is 12.3. The summed E-state index contributed by atoms with van der Waals surface area (Å²) in [5.74, 6) is 0.0229. The number of piperidine rings is 1. The normalized spacial score (nSPS) is 13.9. The molecule has 0 radical (unpaired) electrons. The van der Waals surface area contributed by atoms with Gasteiger partial charge in [-0.05, 0) is 61.2 Å². The first-order chi connectivity index (χ1) is 20.5. The molecule has 1 fully saturated rings. The molecule has 0 aromatic heterocycles. The molecule has 240 valence electrons. The summed E-state index contributed by atoms with van der Waals surface area (Å²) < 4.78 is 64.6. The molecule has 0 bridgehead atoms. The van der Waals surface area contributed by atoms with Crippen molar-refractivity contribution in [3.05, 3.63) is 77.9 Å². The zero-order valence-corrected chi connectivity index (χ0v) is 26.6. The molecule has 4 rings (SSSR count). The number of nitrogens with zero attached hydrogens (tertiary/aromatic N) is 2. The van der Waals surface area contributed by atoms with Gasteiger partial charge in [-0.15, -0.1) is 12.4 Å². The van der Waals surface area contributed by atoms with Crippen molar-refractivity contribution in [2.75, 3.05) is 42.6 Å². The standard InChI is InChI=1S/C31H38F2N4O5S.ClH/c1-4-5-16-37(28-12-8-23(32)19-27(28)33)31(38)34-24-14-17-36(18-15-24)21-22-6-10-26(11-7-22)42-29-13-9-25(20-30(29)41-2)35-43(3,39)40;/h6-13,19-20,24,35H,4-5,14-18,21H2,1-3H3,(H,34,38);1H. The summed E-state index contributed by atoms with van der Waals surface area (Å²) in [6.07, 6.45) is 4.13. The molecule has 0 unspecified atom stereocenters. The van der Waals surface area contributed by atoms with Crippen molar-refractivity contribution in [1.29, 1.82) is 0 Å². The Hall–Kier alpha value is -3.61. The quantitative estimate of drug-likeness (QED) is 0.231. The first-order valence-electron chi connectivity index (χ1n) is 14.2. The maximum Gasteiger partial charge on any atom is 0.322 e. The third-order valence-electron chi connectivity index (χ3n) is 7.12. The molecule has 0 aliphatic carbocycles. The first-order valence-corrected chi connectivity index (χ1v) is 16.1. The highest BCUT2D eigenvalue weighted by Crippen LogP contribution is 2.34. The van der Waals surface area contributed by atoms with Gasteiger partial charge in [0.15, 0.2) is 11.5 Å². The predicted molar refractivity (Wildman–Crippen MR) is 171 cm³/mol. The summed E-state index contributed by atoms with van der Waals surface area (Å²) in [7, 11) is -1.93. The average Bonchev–Trinajstić information content (AvgIpc) is 2.96. The van der Waals surface area contributed by atoms with Crippen LogP contribution in [0.2, 0.25) is 0 Å². The highest BCUT2D eigenvalue weighted by atomic mass is 35.5. The van der Waals surface area contributed by atoms with Crippen molar-refractivity contribution in [3.63, 3.8) is 0 Å². The average molecular weight is 653 g/mol. The SMILES string of the molecule is CCCCN(C(=O)NC1CCN(Cc2ccc(Oc3ccc(NS(C)(=O)=O)cc3OC)cc2)CC1)c1ccc(F)cc1F.Cl. The highest BCUT2D eigenvalue weighted by molar-refractivity contribution is 7.92. The third-order valence-corrected chi connectivity index (χ3v) is 7.73. The minimum Gasteiger partial charge on any atom is -0.493 e. The number of hydrogen-bond donors (Lipinski definition) is 2. The van der Waals surface area contributed by atoms with Crippen LogP contribution in [-0.4, -0.2) is 58.4 Å². The van der Waals surface area contributed by atoms with Crippen LogP contribution in [0.3, 0.4) is 0 Å². The number of urea groups is 1. The van der Waals surface area contributed by atoms with E-state index in [4.69, 9.17) is 9.47 Å². The Morgan fingerprint density at radius 3 is 2.34 bits per heavy atom. The van der Waals surface area contributed by atoms with Crippen LogP contribution in [0.4, 0.5) is 25.0 Å². The van der Waals surface area contributed by atoms with Gasteiger partial charge >= 0.3 is 6.03 Å². The van der Waals surface area contributed by atoms with Crippen LogP contribution < -0.4 is 24.4 Å². The molecule has 1 heterocycles. The minimum atomic E-state index is -3.41. The van der Waals surface area contributed by atoms with E-state index in [1.54, 1.807) is 18.2 Å². The maximum atomic E-state index is 14.5. The van der Waals surface area contributed by atoms with Crippen molar-refractivity contribution >= 4 is 39.8 Å². The molecule has 3 aromatic rings. The lowest BCUT2D eigenvalue weighted by Crippen LogP contribution is -2.49. The Morgan fingerprint density at radius 1 is 1.02 bits per heavy atom. The summed E-state index contributed by atoms with van der Waals surface area (Å²) in [5.41, 5.74) is 1.56. The van der Waals surface area contributed by atoms with E-state index in [9.17, 15) is 22.0 Å². The van der Waals surface area contributed by atoms with Gasteiger partial charge in [0.25, 0.3) is 0 Å². The molecule has 44 heavy (non-hydrogen) atoms.